The van der Waals surface area contributed by atoms with E-state index in [0.29, 0.717) is 33.8 Å². The Morgan fingerprint density at radius 1 is 0.873 bits per heavy atom. The van der Waals surface area contributed by atoms with Gasteiger partial charge in [-0.3, -0.25) is 9.36 Å². The van der Waals surface area contributed by atoms with Crippen LogP contribution in [-0.2, 0) is 24.1 Å². The monoisotopic (exact) mass is 875 g/mol. The number of carbonyl (C=O) groups is 1. The largest absolute Gasteiger partial charge is 0.497 e. The number of carbonyl (C=O) groups excluding carboxylic acids is 1. The summed E-state index contributed by atoms with van der Waals surface area (Å²) in [6.45, 7) is 7.95. The van der Waals surface area contributed by atoms with Gasteiger partial charge in [0.2, 0.25) is 0 Å². The summed E-state index contributed by atoms with van der Waals surface area (Å²) in [5.74, 6) is 0.808. The first-order chi connectivity index (χ1) is 30.5. The Balaban J connectivity index is 1.47. The fourth-order valence-corrected chi connectivity index (χ4v) is 9.70. The molecule has 63 heavy (non-hydrogen) atoms. The topological polar surface area (TPSA) is 169 Å². The summed E-state index contributed by atoms with van der Waals surface area (Å²) in [6.07, 6.45) is -5.20. The molecule has 6 aromatic rings. The van der Waals surface area contributed by atoms with Gasteiger partial charge in [-0.2, -0.15) is 5.26 Å². The van der Waals surface area contributed by atoms with E-state index in [1.54, 1.807) is 44.6 Å². The van der Waals surface area contributed by atoms with Gasteiger partial charge in [0, 0.05) is 17.6 Å². The molecular weight excluding hydrogens is 825 g/mol. The number of imidazole rings is 1. The van der Waals surface area contributed by atoms with Gasteiger partial charge in [-0.15, -0.1) is 0 Å². The third-order valence-electron chi connectivity index (χ3n) is 10.8. The number of Topliss-reactive ketones (excluding diaryl/α,β-unsaturated/α-hetero) is 1. The molecule has 328 valence electrons. The van der Waals surface area contributed by atoms with E-state index < -0.39 is 50.6 Å². The summed E-state index contributed by atoms with van der Waals surface area (Å²) < 4.78 is 60.2. The number of alkyl halides is 1. The summed E-state index contributed by atoms with van der Waals surface area (Å²) >= 11 is 0. The van der Waals surface area contributed by atoms with Gasteiger partial charge in [-0.1, -0.05) is 84.9 Å². The highest BCUT2D eigenvalue weighted by atomic mass is 31.2. The van der Waals surface area contributed by atoms with Crippen LogP contribution < -0.4 is 15.2 Å². The van der Waals surface area contributed by atoms with Gasteiger partial charge < -0.3 is 33.7 Å². The molecule has 4 aromatic carbocycles. The van der Waals surface area contributed by atoms with Crippen LogP contribution in [0.3, 0.4) is 0 Å². The number of benzene rings is 4. The number of anilines is 1. The lowest BCUT2D eigenvalue weighted by atomic mass is 9.79. The third kappa shape index (κ3) is 9.29. The summed E-state index contributed by atoms with van der Waals surface area (Å²) in [6, 6.07) is 34.8. The van der Waals surface area contributed by atoms with E-state index in [4.69, 9.17) is 33.7 Å². The van der Waals surface area contributed by atoms with Crippen LogP contribution in [0.25, 0.3) is 11.2 Å². The van der Waals surface area contributed by atoms with Crippen LogP contribution in [0.4, 0.5) is 10.2 Å². The Morgan fingerprint density at radius 2 is 1.44 bits per heavy atom. The molecule has 14 nitrogen and oxygen atoms in total. The predicted octanol–water partition coefficient (Wildman–Crippen LogP) is 8.58. The molecule has 2 aromatic heterocycles. The van der Waals surface area contributed by atoms with Gasteiger partial charge in [0.1, 0.15) is 41.2 Å². The number of ether oxygens (including phenoxy) is 4. The molecule has 1 saturated heterocycles. The van der Waals surface area contributed by atoms with E-state index >= 15 is 9.18 Å². The Labute approximate surface area is 367 Å². The second-order valence-electron chi connectivity index (χ2n) is 15.4. The highest BCUT2D eigenvalue weighted by Gasteiger charge is 2.57. The Kier molecular flexibility index (Phi) is 14.4. The number of hydrogen-bond donors (Lipinski definition) is 1. The van der Waals surface area contributed by atoms with E-state index in [2.05, 4.69) is 21.0 Å². The zero-order valence-electron chi connectivity index (χ0n) is 35.9. The SMILES string of the molecule is COc1ccc(C(OC(C(=O)c2ccccc2)[C@H]2O[C@@H](n3cnc4c(N)ncnc43)[C@H](F)[C@@H]2OP(OCCC#N)N(C(C)C)C(C)C)(c2ccccc2)c2ccc(OC)cc2)cc1. The lowest BCUT2D eigenvalue weighted by Crippen LogP contribution is -2.50. The highest BCUT2D eigenvalue weighted by Crippen LogP contribution is 2.53. The summed E-state index contributed by atoms with van der Waals surface area (Å²) in [4.78, 5) is 28.4. The summed E-state index contributed by atoms with van der Waals surface area (Å²) in [5, 5.41) is 9.49. The maximum Gasteiger partial charge on any atom is 0.259 e. The molecule has 0 amide bonds. The van der Waals surface area contributed by atoms with Gasteiger partial charge in [0.05, 0.1) is 39.6 Å². The molecule has 0 spiro atoms. The van der Waals surface area contributed by atoms with Crippen LogP contribution in [-0.4, -0.2) is 87.4 Å². The molecular formula is C47H51FN7O7P. The van der Waals surface area contributed by atoms with E-state index in [1.165, 1.54) is 17.2 Å². The van der Waals surface area contributed by atoms with Crippen molar-refractivity contribution in [2.45, 2.75) is 82.5 Å². The molecule has 3 heterocycles. The van der Waals surface area contributed by atoms with Crippen LogP contribution in [0.5, 0.6) is 11.5 Å². The number of nitrogens with two attached hydrogens (primary N) is 1. The number of nitrogen functional groups attached to an aromatic ring is 1. The minimum Gasteiger partial charge on any atom is -0.497 e. The van der Waals surface area contributed by atoms with Gasteiger partial charge >= 0.3 is 0 Å². The minimum atomic E-state index is -2.07. The van der Waals surface area contributed by atoms with Crippen molar-refractivity contribution in [3.05, 3.63) is 144 Å². The number of aromatic nitrogens is 4. The molecule has 1 aliphatic rings. The number of halogens is 1. The molecule has 16 heteroatoms. The molecule has 1 aliphatic heterocycles. The van der Waals surface area contributed by atoms with Gasteiger partial charge in [-0.25, -0.2) is 24.0 Å². The lowest BCUT2D eigenvalue weighted by Gasteiger charge is -2.41. The maximum absolute atomic E-state index is 18.0. The molecule has 2 N–H and O–H groups in total. The molecule has 0 bridgehead atoms. The van der Waals surface area contributed by atoms with Crippen molar-refractivity contribution < 1.29 is 37.2 Å². The van der Waals surface area contributed by atoms with Gasteiger partial charge in [-0.05, 0) is 68.7 Å². The second-order valence-corrected chi connectivity index (χ2v) is 16.8. The molecule has 7 rings (SSSR count). The first kappa shape index (κ1) is 45.2. The van der Waals surface area contributed by atoms with Crippen LogP contribution >= 0.6 is 8.53 Å². The van der Waals surface area contributed by atoms with Crippen molar-refractivity contribution in [2.75, 3.05) is 26.6 Å². The second kappa shape index (κ2) is 20.1. The zero-order valence-corrected chi connectivity index (χ0v) is 36.8. The normalized spacial score (nSPS) is 18.7. The Hall–Kier alpha value is -5.85. The van der Waals surface area contributed by atoms with Crippen LogP contribution in [0.15, 0.2) is 122 Å². The maximum atomic E-state index is 18.0. The molecule has 1 fully saturated rings. The van der Waals surface area contributed by atoms with Crippen LogP contribution in [0.1, 0.15) is 67.4 Å². The molecule has 0 aliphatic carbocycles. The molecule has 0 radical (unpaired) electrons. The minimum absolute atomic E-state index is 0.0219. The van der Waals surface area contributed by atoms with Gasteiger partial charge in [0.25, 0.3) is 8.53 Å². The smallest absolute Gasteiger partial charge is 0.259 e. The zero-order chi connectivity index (χ0) is 44.7. The molecule has 2 unspecified atom stereocenters. The number of ketones is 1. The number of methoxy groups -OCH3 is 2. The van der Waals surface area contributed by atoms with E-state index in [1.807, 2.05) is 111 Å². The number of nitrogens with zero attached hydrogens (tertiary/aromatic N) is 6. The third-order valence-corrected chi connectivity index (χ3v) is 13.0. The summed E-state index contributed by atoms with van der Waals surface area (Å²) in [7, 11) is 1.09. The Bertz CT molecular complexity index is 2420. The molecule has 0 saturated carbocycles. The van der Waals surface area contributed by atoms with Crippen molar-refractivity contribution >= 4 is 31.3 Å². The average molecular weight is 876 g/mol. The van der Waals surface area contributed by atoms with Crippen molar-refractivity contribution in [3.8, 4) is 17.6 Å². The number of hydrogen-bond acceptors (Lipinski definition) is 13. The van der Waals surface area contributed by atoms with Crippen LogP contribution in [0.2, 0.25) is 0 Å². The molecule has 6 atom stereocenters. The quantitative estimate of drug-likeness (QED) is 0.0356. The van der Waals surface area contributed by atoms with Crippen molar-refractivity contribution in [2.24, 2.45) is 0 Å². The van der Waals surface area contributed by atoms with E-state index in [0.717, 1.165) is 0 Å². The standard InChI is InChI=1S/C47H51FN7O7P/c1-30(2)55(31(3)4)63(59-27-13-26-49)62-41-38(48)46(54-29-53-39-44(50)51-28-52-45(39)54)60-43(41)42(40(56)32-14-9-7-10-15-32)61-47(33-16-11-8-12-17-33,34-18-22-36(57-5)23-19-34)35-20-24-37(58-6)25-21-35/h7-12,14-25,28-31,38,41-43,46H,13,27H2,1-6H3,(H2,50,51,52)/t38-,41+,42?,43+,46-,63?/m1/s1. The first-order valence-corrected chi connectivity index (χ1v) is 21.7. The van der Waals surface area contributed by atoms with E-state index in [-0.39, 0.29) is 42.1 Å². The van der Waals surface area contributed by atoms with Crippen molar-refractivity contribution in [3.63, 3.8) is 0 Å². The van der Waals surface area contributed by atoms with Crippen molar-refractivity contribution in [1.82, 2.24) is 24.2 Å². The summed E-state index contributed by atoms with van der Waals surface area (Å²) in [5.41, 5.74) is 7.33. The van der Waals surface area contributed by atoms with Crippen LogP contribution in [0, 0.1) is 11.3 Å². The first-order valence-electron chi connectivity index (χ1n) is 20.6. The highest BCUT2D eigenvalue weighted by molar-refractivity contribution is 7.44. The number of fused-ring (bicyclic) bond motifs is 1. The van der Waals surface area contributed by atoms with Crippen molar-refractivity contribution in [1.29, 1.82) is 5.26 Å². The fraction of sp³-hybridized carbons (Fsp3) is 0.340. The predicted molar refractivity (Wildman–Crippen MR) is 237 cm³/mol. The fourth-order valence-electron chi connectivity index (χ4n) is 7.95. The Morgan fingerprint density at radius 3 is 2.00 bits per heavy atom. The van der Waals surface area contributed by atoms with E-state index in [9.17, 15) is 5.26 Å². The number of nitriles is 1. The number of rotatable bonds is 19. The average Bonchev–Trinajstić information content (AvgIpc) is 3.88. The van der Waals surface area contributed by atoms with Gasteiger partial charge in [0.15, 0.2) is 35.8 Å². The lowest BCUT2D eigenvalue weighted by molar-refractivity contribution is -0.124.